The Balaban J connectivity index is 2.09. The second kappa shape index (κ2) is 5.08. The monoisotopic (exact) mass is 248 g/mol. The minimum Gasteiger partial charge on any atom is -0.447 e. The zero-order valence-corrected chi connectivity index (χ0v) is 10.4. The van der Waals surface area contributed by atoms with Crippen molar-refractivity contribution in [2.45, 2.75) is 25.8 Å². The van der Waals surface area contributed by atoms with Gasteiger partial charge in [-0.2, -0.15) is 0 Å². The van der Waals surface area contributed by atoms with Crippen molar-refractivity contribution in [2.75, 3.05) is 11.9 Å². The molecule has 0 aliphatic carbocycles. The largest absolute Gasteiger partial charge is 0.447 e. The number of cyclic esters (lactones) is 1. The van der Waals surface area contributed by atoms with Crippen LogP contribution in [-0.2, 0) is 9.53 Å². The molecule has 5 heteroatoms. The molecule has 0 aromatic heterocycles. The Morgan fingerprint density at radius 3 is 2.78 bits per heavy atom. The molecule has 1 fully saturated rings. The molecule has 1 aromatic carbocycles. The van der Waals surface area contributed by atoms with Gasteiger partial charge >= 0.3 is 6.09 Å². The Kier molecular flexibility index (Phi) is 3.50. The van der Waals surface area contributed by atoms with Gasteiger partial charge in [-0.25, -0.2) is 4.79 Å². The second-order valence-electron chi connectivity index (χ2n) is 4.53. The number of carbonyl (C=O) groups is 2. The number of hydrogen-bond donors (Lipinski definition) is 2. The highest BCUT2D eigenvalue weighted by atomic mass is 16.6. The first-order chi connectivity index (χ1) is 8.58. The summed E-state index contributed by atoms with van der Waals surface area (Å²) in [6.07, 6.45) is -0.549. The van der Waals surface area contributed by atoms with Crippen molar-refractivity contribution >= 4 is 17.7 Å². The molecule has 1 aromatic rings. The second-order valence-corrected chi connectivity index (χ2v) is 4.53. The van der Waals surface area contributed by atoms with E-state index in [0.29, 0.717) is 5.92 Å². The lowest BCUT2D eigenvalue weighted by molar-refractivity contribution is -0.117. The first-order valence-electron chi connectivity index (χ1n) is 5.91. The van der Waals surface area contributed by atoms with Crippen LogP contribution in [0.5, 0.6) is 0 Å². The van der Waals surface area contributed by atoms with E-state index in [2.05, 4.69) is 24.5 Å². The van der Waals surface area contributed by atoms with Crippen LogP contribution in [0.25, 0.3) is 0 Å². The molecule has 0 radical (unpaired) electrons. The number of ether oxygens (including phenoxy) is 1. The van der Waals surface area contributed by atoms with Crippen LogP contribution in [0.2, 0.25) is 0 Å². The number of hydrogen-bond acceptors (Lipinski definition) is 3. The zero-order chi connectivity index (χ0) is 13.1. The van der Waals surface area contributed by atoms with Crippen LogP contribution in [-0.4, -0.2) is 24.6 Å². The number of rotatable bonds is 3. The van der Waals surface area contributed by atoms with Crippen molar-refractivity contribution < 1.29 is 14.3 Å². The number of amides is 2. The Labute approximate surface area is 106 Å². The lowest BCUT2D eigenvalue weighted by Crippen LogP contribution is -2.38. The lowest BCUT2D eigenvalue weighted by Gasteiger charge is -2.15. The molecular formula is C13H16N2O3. The van der Waals surface area contributed by atoms with Crippen molar-refractivity contribution in [2.24, 2.45) is 0 Å². The van der Waals surface area contributed by atoms with E-state index >= 15 is 0 Å². The van der Waals surface area contributed by atoms with Crippen molar-refractivity contribution in [3.05, 3.63) is 29.8 Å². The predicted octanol–water partition coefficient (Wildman–Crippen LogP) is 1.86. The van der Waals surface area contributed by atoms with Gasteiger partial charge in [-0.3, -0.25) is 4.79 Å². The van der Waals surface area contributed by atoms with Gasteiger partial charge in [-0.15, -0.1) is 0 Å². The van der Waals surface area contributed by atoms with Crippen LogP contribution >= 0.6 is 0 Å². The maximum atomic E-state index is 11.9. The van der Waals surface area contributed by atoms with E-state index in [4.69, 9.17) is 4.74 Å². The van der Waals surface area contributed by atoms with E-state index in [-0.39, 0.29) is 12.5 Å². The van der Waals surface area contributed by atoms with Crippen LogP contribution < -0.4 is 10.6 Å². The third-order valence-corrected chi connectivity index (χ3v) is 2.83. The summed E-state index contributed by atoms with van der Waals surface area (Å²) in [7, 11) is 0. The van der Waals surface area contributed by atoms with Gasteiger partial charge < -0.3 is 15.4 Å². The highest BCUT2D eigenvalue weighted by Gasteiger charge is 2.29. The smallest absolute Gasteiger partial charge is 0.407 e. The topological polar surface area (TPSA) is 67.4 Å². The maximum Gasteiger partial charge on any atom is 0.407 e. The number of nitrogens with one attached hydrogen (secondary N) is 2. The molecule has 1 aliphatic rings. The van der Waals surface area contributed by atoms with E-state index in [9.17, 15) is 9.59 Å². The van der Waals surface area contributed by atoms with E-state index in [1.165, 1.54) is 0 Å². The molecule has 2 amide bonds. The number of alkyl carbamates (subject to hydrolysis) is 1. The number of anilines is 1. The fraction of sp³-hybridized carbons (Fsp3) is 0.385. The molecule has 1 heterocycles. The average molecular weight is 248 g/mol. The third-order valence-electron chi connectivity index (χ3n) is 2.83. The molecule has 96 valence electrons. The van der Waals surface area contributed by atoms with Crippen molar-refractivity contribution in [3.8, 4) is 0 Å². The molecule has 0 bridgehead atoms. The molecule has 1 aliphatic heterocycles. The van der Waals surface area contributed by atoms with E-state index in [0.717, 1.165) is 11.3 Å². The van der Waals surface area contributed by atoms with Crippen LogP contribution in [0.15, 0.2) is 24.3 Å². The van der Waals surface area contributed by atoms with Gasteiger partial charge in [-0.05, 0) is 17.5 Å². The number of para-hydroxylation sites is 1. The minimum atomic E-state index is -0.613. The highest BCUT2D eigenvalue weighted by molar-refractivity contribution is 5.98. The van der Waals surface area contributed by atoms with Gasteiger partial charge in [0.2, 0.25) is 0 Å². The molecule has 1 unspecified atom stereocenters. The summed E-state index contributed by atoms with van der Waals surface area (Å²) in [5, 5.41) is 5.27. The Hall–Kier alpha value is -2.04. The summed E-state index contributed by atoms with van der Waals surface area (Å²) in [5.74, 6) is 0.0601. The number of benzene rings is 1. The van der Waals surface area contributed by atoms with Crippen LogP contribution in [0.1, 0.15) is 25.3 Å². The molecular weight excluding hydrogens is 232 g/mol. The van der Waals surface area contributed by atoms with Gasteiger partial charge in [0, 0.05) is 5.69 Å². The molecule has 0 spiro atoms. The van der Waals surface area contributed by atoms with E-state index in [1.807, 2.05) is 24.3 Å². The zero-order valence-electron chi connectivity index (χ0n) is 10.4. The fourth-order valence-electron chi connectivity index (χ4n) is 1.86. The predicted molar refractivity (Wildman–Crippen MR) is 67.4 cm³/mol. The molecule has 0 saturated carbocycles. The maximum absolute atomic E-state index is 11.9. The van der Waals surface area contributed by atoms with Crippen molar-refractivity contribution in [1.29, 1.82) is 0 Å². The summed E-state index contributed by atoms with van der Waals surface area (Å²) in [5.41, 5.74) is 1.84. The van der Waals surface area contributed by atoms with Gasteiger partial charge in [-0.1, -0.05) is 32.0 Å². The average Bonchev–Trinajstić information content (AvgIpc) is 2.76. The molecule has 1 saturated heterocycles. The van der Waals surface area contributed by atoms with Crippen molar-refractivity contribution in [3.63, 3.8) is 0 Å². The fourth-order valence-corrected chi connectivity index (χ4v) is 1.86. The Bertz CT molecular complexity index is 471. The van der Waals surface area contributed by atoms with Crippen LogP contribution in [0.4, 0.5) is 10.5 Å². The van der Waals surface area contributed by atoms with Gasteiger partial charge in [0.15, 0.2) is 0 Å². The van der Waals surface area contributed by atoms with Crippen LogP contribution in [0, 0.1) is 0 Å². The lowest BCUT2D eigenvalue weighted by atomic mass is 10.0. The first-order valence-corrected chi connectivity index (χ1v) is 5.91. The van der Waals surface area contributed by atoms with E-state index < -0.39 is 12.1 Å². The van der Waals surface area contributed by atoms with Gasteiger partial charge in [0.25, 0.3) is 5.91 Å². The summed E-state index contributed by atoms with van der Waals surface area (Å²) < 4.78 is 4.69. The molecule has 18 heavy (non-hydrogen) atoms. The summed E-state index contributed by atoms with van der Waals surface area (Å²) in [6.45, 7) is 4.20. The summed E-state index contributed by atoms with van der Waals surface area (Å²) in [6, 6.07) is 7.02. The standard InChI is InChI=1S/C13H16N2O3/c1-8(2)9-5-3-4-6-10(9)14-12(16)11-7-18-13(17)15-11/h3-6,8,11H,7H2,1-2H3,(H,14,16)(H,15,17). The van der Waals surface area contributed by atoms with Crippen molar-refractivity contribution in [1.82, 2.24) is 5.32 Å². The van der Waals surface area contributed by atoms with Gasteiger partial charge in [0.05, 0.1) is 0 Å². The molecule has 1 atom stereocenters. The quantitative estimate of drug-likeness (QED) is 0.858. The SMILES string of the molecule is CC(C)c1ccccc1NC(=O)C1COC(=O)N1. The molecule has 2 rings (SSSR count). The molecule has 2 N–H and O–H groups in total. The highest BCUT2D eigenvalue weighted by Crippen LogP contribution is 2.23. The van der Waals surface area contributed by atoms with Crippen LogP contribution in [0.3, 0.4) is 0 Å². The van der Waals surface area contributed by atoms with Gasteiger partial charge in [0.1, 0.15) is 12.6 Å². The summed E-state index contributed by atoms with van der Waals surface area (Å²) in [4.78, 5) is 22.8. The van der Waals surface area contributed by atoms with E-state index in [1.54, 1.807) is 0 Å². The number of carbonyl (C=O) groups excluding carboxylic acids is 2. The molecule has 5 nitrogen and oxygen atoms in total. The summed E-state index contributed by atoms with van der Waals surface area (Å²) >= 11 is 0. The third kappa shape index (κ3) is 2.61. The normalized spacial score (nSPS) is 18.4. The minimum absolute atomic E-state index is 0.0779. The first kappa shape index (κ1) is 12.4. The Morgan fingerprint density at radius 2 is 2.17 bits per heavy atom. The Morgan fingerprint density at radius 1 is 1.44 bits per heavy atom.